The third kappa shape index (κ3) is 4.88. The fourth-order valence-electron chi connectivity index (χ4n) is 1.93. The second-order valence-corrected chi connectivity index (χ2v) is 7.13. The summed E-state index contributed by atoms with van der Waals surface area (Å²) in [5.74, 6) is 0.383. The van der Waals surface area contributed by atoms with Crippen molar-refractivity contribution in [2.45, 2.75) is 37.0 Å². The van der Waals surface area contributed by atoms with Gasteiger partial charge in [0.25, 0.3) is 5.91 Å². The summed E-state index contributed by atoms with van der Waals surface area (Å²) in [5, 5.41) is 2.98. The normalized spacial score (nSPS) is 11.3. The highest BCUT2D eigenvalue weighted by Gasteiger charge is 2.17. The molecule has 2 aromatic rings. The molecule has 0 fully saturated rings. The van der Waals surface area contributed by atoms with E-state index in [-0.39, 0.29) is 17.3 Å². The molecule has 0 saturated heterocycles. The molecule has 0 aromatic heterocycles. The smallest absolute Gasteiger partial charge is 0.252 e. The molecule has 0 spiro atoms. The highest BCUT2D eigenvalue weighted by Crippen LogP contribution is 2.26. The summed E-state index contributed by atoms with van der Waals surface area (Å²) in [6.45, 7) is 5.87. The predicted molar refractivity (Wildman–Crippen MR) is 89.6 cm³/mol. The number of rotatable bonds is 4. The maximum Gasteiger partial charge on any atom is 0.252 e. The fraction of sp³-hybridized carbons (Fsp3) is 0.278. The zero-order valence-corrected chi connectivity index (χ0v) is 13.8. The molecule has 0 atom stereocenters. The number of amides is 1. The van der Waals surface area contributed by atoms with Gasteiger partial charge in [0, 0.05) is 16.2 Å². The quantitative estimate of drug-likeness (QED) is 0.832. The van der Waals surface area contributed by atoms with E-state index in [1.165, 1.54) is 12.1 Å². The predicted octanol–water partition coefficient (Wildman–Crippen LogP) is 4.65. The second kappa shape index (κ2) is 6.97. The highest BCUT2D eigenvalue weighted by atomic mass is 32.2. The van der Waals surface area contributed by atoms with E-state index in [2.05, 4.69) is 5.32 Å². The summed E-state index contributed by atoms with van der Waals surface area (Å²) in [5.41, 5.74) is 1.42. The van der Waals surface area contributed by atoms with E-state index in [1.807, 2.05) is 45.0 Å². The van der Waals surface area contributed by atoms with Crippen LogP contribution in [0, 0.1) is 5.82 Å². The topological polar surface area (TPSA) is 29.1 Å². The van der Waals surface area contributed by atoms with Gasteiger partial charge < -0.3 is 5.32 Å². The van der Waals surface area contributed by atoms with Crippen molar-refractivity contribution in [1.29, 1.82) is 0 Å². The van der Waals surface area contributed by atoms with Crippen molar-refractivity contribution < 1.29 is 9.18 Å². The molecule has 2 aromatic carbocycles. The molecule has 0 bridgehead atoms. The lowest BCUT2D eigenvalue weighted by atomic mass is 10.1. The minimum Gasteiger partial charge on any atom is -0.347 e. The minimum absolute atomic E-state index is 0.0743. The summed E-state index contributed by atoms with van der Waals surface area (Å²) in [6, 6.07) is 14.0. The first kappa shape index (κ1) is 16.6. The number of hydrogen-bond acceptors (Lipinski definition) is 2. The van der Waals surface area contributed by atoms with Gasteiger partial charge in [-0.2, -0.15) is 0 Å². The van der Waals surface area contributed by atoms with Gasteiger partial charge in [0.05, 0.1) is 5.56 Å². The lowest BCUT2D eigenvalue weighted by Gasteiger charge is -2.21. The Morgan fingerprint density at radius 3 is 2.36 bits per heavy atom. The molecule has 1 N–H and O–H groups in total. The Balaban J connectivity index is 2.11. The van der Waals surface area contributed by atoms with Crippen molar-refractivity contribution in [3.05, 3.63) is 65.5 Å². The highest BCUT2D eigenvalue weighted by molar-refractivity contribution is 7.98. The van der Waals surface area contributed by atoms with Crippen molar-refractivity contribution in [2.75, 3.05) is 0 Å². The Labute approximate surface area is 135 Å². The van der Waals surface area contributed by atoms with E-state index in [0.29, 0.717) is 11.3 Å². The van der Waals surface area contributed by atoms with E-state index in [9.17, 15) is 9.18 Å². The molecule has 0 aliphatic carbocycles. The molecule has 22 heavy (non-hydrogen) atoms. The molecule has 2 rings (SSSR count). The molecule has 0 aliphatic rings. The minimum atomic E-state index is -0.272. The molecular formula is C18H20FNOS. The van der Waals surface area contributed by atoms with Crippen LogP contribution in [0.15, 0.2) is 53.4 Å². The van der Waals surface area contributed by atoms with E-state index in [0.717, 1.165) is 10.5 Å². The molecular weight excluding hydrogens is 297 g/mol. The summed E-state index contributed by atoms with van der Waals surface area (Å²) < 4.78 is 12.9. The number of halogens is 1. The van der Waals surface area contributed by atoms with Crippen molar-refractivity contribution in [3.63, 3.8) is 0 Å². The number of hydrogen-bond donors (Lipinski definition) is 1. The lowest BCUT2D eigenvalue weighted by molar-refractivity contribution is 0.0916. The molecule has 0 radical (unpaired) electrons. The van der Waals surface area contributed by atoms with Gasteiger partial charge in [-0.25, -0.2) is 4.39 Å². The maximum atomic E-state index is 12.9. The van der Waals surface area contributed by atoms with Crippen LogP contribution >= 0.6 is 11.8 Å². The number of nitrogens with one attached hydrogen (secondary N) is 1. The average Bonchev–Trinajstić information content (AvgIpc) is 2.45. The van der Waals surface area contributed by atoms with Crippen LogP contribution in [0.1, 0.15) is 36.7 Å². The average molecular weight is 317 g/mol. The van der Waals surface area contributed by atoms with Crippen LogP contribution in [-0.2, 0) is 5.75 Å². The van der Waals surface area contributed by atoms with Crippen LogP contribution in [0.3, 0.4) is 0 Å². The summed E-state index contributed by atoms with van der Waals surface area (Å²) in [7, 11) is 0. The number of benzene rings is 2. The molecule has 4 heteroatoms. The van der Waals surface area contributed by atoms with Gasteiger partial charge in [-0.15, -0.1) is 11.8 Å². The van der Waals surface area contributed by atoms with E-state index < -0.39 is 0 Å². The molecule has 116 valence electrons. The monoisotopic (exact) mass is 317 g/mol. The number of carbonyl (C=O) groups excluding carboxylic acids is 1. The van der Waals surface area contributed by atoms with Gasteiger partial charge >= 0.3 is 0 Å². The van der Waals surface area contributed by atoms with E-state index >= 15 is 0 Å². The molecule has 2 nitrogen and oxygen atoms in total. The van der Waals surface area contributed by atoms with Gasteiger partial charge in [-0.05, 0) is 50.6 Å². The van der Waals surface area contributed by atoms with Crippen LogP contribution in [0.4, 0.5) is 4.39 Å². The molecule has 0 aliphatic heterocycles. The maximum absolute atomic E-state index is 12.9. The Morgan fingerprint density at radius 1 is 1.09 bits per heavy atom. The molecule has 0 unspecified atom stereocenters. The second-order valence-electron chi connectivity index (χ2n) is 6.12. The molecule has 0 heterocycles. The van der Waals surface area contributed by atoms with Crippen molar-refractivity contribution in [1.82, 2.24) is 5.32 Å². The van der Waals surface area contributed by atoms with Gasteiger partial charge in [0.2, 0.25) is 0 Å². The zero-order chi connectivity index (χ0) is 16.2. The van der Waals surface area contributed by atoms with Gasteiger partial charge in [0.1, 0.15) is 5.82 Å². The van der Waals surface area contributed by atoms with Crippen LogP contribution in [0.5, 0.6) is 0 Å². The first-order valence-corrected chi connectivity index (χ1v) is 8.12. The van der Waals surface area contributed by atoms with Crippen LogP contribution in [0.2, 0.25) is 0 Å². The Morgan fingerprint density at radius 2 is 1.73 bits per heavy atom. The fourth-order valence-corrected chi connectivity index (χ4v) is 2.94. The van der Waals surface area contributed by atoms with Crippen molar-refractivity contribution in [2.24, 2.45) is 0 Å². The standard InChI is InChI=1S/C18H20FNOS/c1-18(2,3)20-17(21)15-6-4-5-7-16(15)22-12-13-8-10-14(19)11-9-13/h4-11H,12H2,1-3H3,(H,20,21). The van der Waals surface area contributed by atoms with Crippen molar-refractivity contribution >= 4 is 17.7 Å². The third-order valence-corrected chi connectivity index (χ3v) is 4.07. The van der Waals surface area contributed by atoms with Gasteiger partial charge in [-0.1, -0.05) is 24.3 Å². The zero-order valence-electron chi connectivity index (χ0n) is 13.0. The van der Waals surface area contributed by atoms with E-state index in [4.69, 9.17) is 0 Å². The third-order valence-electron chi connectivity index (χ3n) is 2.93. The molecule has 1 amide bonds. The Kier molecular flexibility index (Phi) is 5.24. The Hall–Kier alpha value is -1.81. The van der Waals surface area contributed by atoms with Crippen molar-refractivity contribution in [3.8, 4) is 0 Å². The number of thioether (sulfide) groups is 1. The van der Waals surface area contributed by atoms with E-state index in [1.54, 1.807) is 23.9 Å². The summed E-state index contributed by atoms with van der Waals surface area (Å²) >= 11 is 1.58. The lowest BCUT2D eigenvalue weighted by Crippen LogP contribution is -2.40. The number of carbonyl (C=O) groups is 1. The van der Waals surface area contributed by atoms with Crippen LogP contribution < -0.4 is 5.32 Å². The SMILES string of the molecule is CC(C)(C)NC(=O)c1ccccc1SCc1ccc(F)cc1. The molecule has 0 saturated carbocycles. The van der Waals surface area contributed by atoms with Crippen LogP contribution in [-0.4, -0.2) is 11.4 Å². The van der Waals surface area contributed by atoms with Gasteiger partial charge in [0.15, 0.2) is 0 Å². The van der Waals surface area contributed by atoms with Crippen LogP contribution in [0.25, 0.3) is 0 Å². The summed E-state index contributed by atoms with van der Waals surface area (Å²) in [4.78, 5) is 13.3. The summed E-state index contributed by atoms with van der Waals surface area (Å²) in [6.07, 6.45) is 0. The first-order chi connectivity index (χ1) is 10.3. The largest absolute Gasteiger partial charge is 0.347 e. The van der Waals surface area contributed by atoms with Gasteiger partial charge in [-0.3, -0.25) is 4.79 Å². The first-order valence-electron chi connectivity index (χ1n) is 7.14. The Bertz CT molecular complexity index is 647.